The number of carboxylic acid groups (broad SMARTS) is 1. The predicted molar refractivity (Wildman–Crippen MR) is 438 cm³/mol. The highest BCUT2D eigenvalue weighted by Crippen LogP contribution is 2.39. The van der Waals surface area contributed by atoms with Gasteiger partial charge in [-0.25, -0.2) is 0 Å². The summed E-state index contributed by atoms with van der Waals surface area (Å²) in [6, 6.07) is 17.5. The van der Waals surface area contributed by atoms with Crippen LogP contribution in [-0.4, -0.2) is 242 Å². The summed E-state index contributed by atoms with van der Waals surface area (Å²) in [4.78, 5) is 149. The summed E-state index contributed by atoms with van der Waals surface area (Å²) in [6.07, 6.45) is 11.6. The average molecular weight is 1570 g/mol. The number of ether oxygens (including phenoxy) is 5. The van der Waals surface area contributed by atoms with Gasteiger partial charge in [-0.2, -0.15) is 0 Å². The molecule has 2 saturated heterocycles. The first-order chi connectivity index (χ1) is 52.6. The standard InChI is InChI=1S/C47H77N3O8.C43H69N3O8/c1-31(2)36(29-40(52)47(7,8)48(9)10)44(54)49(11)42(34-23-18-15-19-24-34)39(56-12)30-41(53)50-26-20-25-37(50)43(57-13)32(3)38(51)28-35(45(55)58-46(4,5)6)27-33-21-16-14-17-22-33;1-28(2)33(26-37(48)43(4,5)44(6)7)41(50)45(8)39(31-20-15-12-16-21-31)36(53-9)27-38(49)46-23-17-22-34(46)40(54-10)29(3)35(47)25-32(42(51)52)24-30-18-13-11-14-19-30/h14,16-17,21-22,31-32,34-37,39,42-43H,15,18-20,23-30H2,1-13H3;11,13-14,18-19,28-29,31-34,36,39-40H,12,15-17,20-27H2,1-10H3,(H,51,52)/t32-,35+,36-,37-,39+,42-,43+;29-,32+,33-,34-,36+,39-,40+/m00/s1. The molecule has 14 atom stereocenters. The molecule has 0 bridgehead atoms. The van der Waals surface area contributed by atoms with Crippen LogP contribution in [0.1, 0.15) is 230 Å². The number of benzene rings is 2. The number of likely N-dealkylation sites (N-methyl/N-ethyl adjacent to an activating group) is 4. The lowest BCUT2D eigenvalue weighted by Gasteiger charge is -2.43. The monoisotopic (exact) mass is 1570 g/mol. The van der Waals surface area contributed by atoms with Gasteiger partial charge in [0, 0.05) is 105 Å². The number of aliphatic carboxylic acids is 1. The van der Waals surface area contributed by atoms with Crippen LogP contribution in [0.4, 0.5) is 0 Å². The van der Waals surface area contributed by atoms with Crippen LogP contribution in [0.3, 0.4) is 0 Å². The minimum absolute atomic E-state index is 0.00368. The number of likely N-dealkylation sites (tertiary alicyclic amines) is 2. The number of hydrogen-bond donors (Lipinski definition) is 1. The molecular formula is C90H146N6O16. The summed E-state index contributed by atoms with van der Waals surface area (Å²) in [5, 5.41) is 9.97. The van der Waals surface area contributed by atoms with Crippen LogP contribution in [-0.2, 0) is 84.5 Å². The Morgan fingerprint density at radius 1 is 0.446 bits per heavy atom. The fourth-order valence-electron chi connectivity index (χ4n) is 17.6. The van der Waals surface area contributed by atoms with Gasteiger partial charge in [-0.3, -0.25) is 57.7 Å². The molecule has 2 aromatic rings. The Labute approximate surface area is 672 Å². The van der Waals surface area contributed by atoms with Crippen molar-refractivity contribution in [2.24, 2.45) is 59.2 Å². The largest absolute Gasteiger partial charge is 0.481 e. The van der Waals surface area contributed by atoms with Crippen LogP contribution < -0.4 is 0 Å². The van der Waals surface area contributed by atoms with E-state index < -0.39 is 88.5 Å². The van der Waals surface area contributed by atoms with Crippen molar-refractivity contribution in [2.75, 3.05) is 83.8 Å². The second kappa shape index (κ2) is 44.7. The van der Waals surface area contributed by atoms with Gasteiger partial charge in [0.25, 0.3) is 0 Å². The number of nitrogens with zero attached hydrogens (tertiary/aromatic N) is 6. The van der Waals surface area contributed by atoms with Gasteiger partial charge < -0.3 is 48.4 Å². The molecule has 4 aliphatic rings. The minimum atomic E-state index is -1.02. The normalized spacial score (nSPS) is 20.1. The van der Waals surface area contributed by atoms with E-state index in [0.717, 1.165) is 88.2 Å². The lowest BCUT2D eigenvalue weighted by atomic mass is 9.78. The van der Waals surface area contributed by atoms with Crippen molar-refractivity contribution >= 4 is 58.7 Å². The highest BCUT2D eigenvalue weighted by Gasteiger charge is 2.48. The minimum Gasteiger partial charge on any atom is -0.481 e. The average Bonchev–Trinajstić information content (AvgIpc) is 1.12. The van der Waals surface area contributed by atoms with E-state index in [1.165, 1.54) is 0 Å². The maximum Gasteiger partial charge on any atom is 0.310 e. The predicted octanol–water partition coefficient (Wildman–Crippen LogP) is 13.1. The zero-order valence-corrected chi connectivity index (χ0v) is 72.9. The van der Waals surface area contributed by atoms with Gasteiger partial charge in [0.1, 0.15) is 17.2 Å². The number of carboxylic acids is 1. The molecule has 1 N–H and O–H groups in total. The molecule has 6 rings (SSSR count). The molecule has 0 spiro atoms. The van der Waals surface area contributed by atoms with E-state index in [1.54, 1.807) is 50.1 Å². The van der Waals surface area contributed by atoms with Crippen molar-refractivity contribution in [1.29, 1.82) is 0 Å². The highest BCUT2D eigenvalue weighted by molar-refractivity contribution is 5.93. The van der Waals surface area contributed by atoms with Crippen LogP contribution in [0.5, 0.6) is 0 Å². The molecule has 2 aliphatic heterocycles. The quantitative estimate of drug-likeness (QED) is 0.0606. The maximum absolute atomic E-state index is 14.5. The van der Waals surface area contributed by atoms with Crippen molar-refractivity contribution in [1.82, 2.24) is 29.4 Å². The van der Waals surface area contributed by atoms with E-state index in [1.807, 2.05) is 201 Å². The van der Waals surface area contributed by atoms with Crippen LogP contribution >= 0.6 is 0 Å². The molecule has 4 fully saturated rings. The summed E-state index contributed by atoms with van der Waals surface area (Å²) in [7, 11) is 17.5. The van der Waals surface area contributed by atoms with E-state index in [0.29, 0.717) is 32.4 Å². The SMILES string of the molecule is CO[C@H]([C@@H](C)C(=O)C[C@@H](Cc1ccccc1)C(=O)O)[C@@H]1CCCN1C(=O)C[C@@H](OC)[C@H](C1CCCCC1)N(C)C(=O)[C@@H](CC(=O)C(C)(C)N(C)C)C(C)C.CO[C@H]([C@@H](C)C(=O)C[C@@H](Cc1ccccc1)C(=O)OC(C)(C)C)[C@@H]1CCCN1C(=O)C[C@@H](OC)[C@H](C1CCCCC1)N(C)C(=O)[C@@H](CC(=O)C(C)(C)N(C)C)C(C)C. The van der Waals surface area contributed by atoms with E-state index in [4.69, 9.17) is 23.7 Å². The third-order valence-electron chi connectivity index (χ3n) is 25.8. The molecule has 2 heterocycles. The molecule has 22 heteroatoms. The van der Waals surface area contributed by atoms with Crippen molar-refractivity contribution < 1.29 is 76.7 Å². The highest BCUT2D eigenvalue weighted by atomic mass is 16.6. The Bertz CT molecular complexity index is 3320. The number of rotatable bonds is 42. The molecule has 632 valence electrons. The lowest BCUT2D eigenvalue weighted by molar-refractivity contribution is -0.161. The van der Waals surface area contributed by atoms with Crippen LogP contribution in [0.2, 0.25) is 0 Å². The number of esters is 1. The summed E-state index contributed by atoms with van der Waals surface area (Å²) in [5.74, 6) is -5.75. The lowest BCUT2D eigenvalue weighted by Crippen LogP contribution is -2.55. The smallest absolute Gasteiger partial charge is 0.310 e. The molecule has 2 saturated carbocycles. The number of methoxy groups -OCH3 is 4. The van der Waals surface area contributed by atoms with Gasteiger partial charge >= 0.3 is 11.9 Å². The zero-order valence-electron chi connectivity index (χ0n) is 72.9. The molecule has 0 aromatic heterocycles. The first-order valence-corrected chi connectivity index (χ1v) is 41.8. The fraction of sp³-hybridized carbons (Fsp3) is 0.756. The molecule has 0 unspecified atom stereocenters. The van der Waals surface area contributed by atoms with Crippen molar-refractivity contribution in [3.8, 4) is 0 Å². The van der Waals surface area contributed by atoms with E-state index in [-0.39, 0.29) is 140 Å². The summed E-state index contributed by atoms with van der Waals surface area (Å²) >= 11 is 0. The van der Waals surface area contributed by atoms with Gasteiger partial charge in [0.05, 0.1) is 84.3 Å². The molecule has 0 radical (unpaired) electrons. The molecule has 22 nitrogen and oxygen atoms in total. The molecule has 4 amide bonds. The third-order valence-corrected chi connectivity index (χ3v) is 25.8. The fourth-order valence-corrected chi connectivity index (χ4v) is 17.6. The van der Waals surface area contributed by atoms with Gasteiger partial charge in [0.15, 0.2) is 11.6 Å². The first kappa shape index (κ1) is 96.3. The molecule has 2 aromatic carbocycles. The van der Waals surface area contributed by atoms with Gasteiger partial charge in [-0.05, 0) is 176 Å². The maximum atomic E-state index is 14.5. The van der Waals surface area contributed by atoms with Crippen molar-refractivity contribution in [2.45, 2.75) is 297 Å². The Kier molecular flexibility index (Phi) is 38.4. The number of ketones is 4. The van der Waals surface area contributed by atoms with Gasteiger partial charge in [-0.1, -0.05) is 141 Å². The number of amides is 4. The zero-order chi connectivity index (χ0) is 83.9. The van der Waals surface area contributed by atoms with Crippen LogP contribution in [0.15, 0.2) is 60.7 Å². The Hall–Kier alpha value is -6.30. The number of hydrogen-bond acceptors (Lipinski definition) is 17. The Morgan fingerprint density at radius 3 is 1.09 bits per heavy atom. The summed E-state index contributed by atoms with van der Waals surface area (Å²) < 4.78 is 30.1. The number of carbonyl (C=O) groups is 10. The van der Waals surface area contributed by atoms with Crippen molar-refractivity contribution in [3.63, 3.8) is 0 Å². The van der Waals surface area contributed by atoms with Crippen LogP contribution in [0, 0.1) is 59.2 Å². The molecule has 112 heavy (non-hydrogen) atoms. The van der Waals surface area contributed by atoms with E-state index >= 15 is 0 Å². The van der Waals surface area contributed by atoms with Crippen molar-refractivity contribution in [3.05, 3.63) is 71.8 Å². The second-order valence-corrected chi connectivity index (χ2v) is 36.1. The number of carbonyl (C=O) groups excluding carboxylic acids is 9. The summed E-state index contributed by atoms with van der Waals surface area (Å²) in [6.45, 7) is 25.6. The summed E-state index contributed by atoms with van der Waals surface area (Å²) in [5.41, 5.74) is -0.328. The second-order valence-electron chi connectivity index (χ2n) is 36.1. The number of Topliss-reactive ketones (excluding diaryl/α,β-unsaturated/α-hetero) is 4. The van der Waals surface area contributed by atoms with Gasteiger partial charge in [-0.15, -0.1) is 0 Å². The third kappa shape index (κ3) is 26.6. The van der Waals surface area contributed by atoms with E-state index in [9.17, 15) is 53.1 Å². The first-order valence-electron chi connectivity index (χ1n) is 41.8. The van der Waals surface area contributed by atoms with E-state index in [2.05, 4.69) is 0 Å². The molecule has 2 aliphatic carbocycles. The topological polar surface area (TPSA) is 257 Å². The molecular weight excluding hydrogens is 1420 g/mol. The van der Waals surface area contributed by atoms with Gasteiger partial charge in [0.2, 0.25) is 23.6 Å². The van der Waals surface area contributed by atoms with Crippen LogP contribution in [0.25, 0.3) is 0 Å². The Morgan fingerprint density at radius 2 is 0.786 bits per heavy atom. The Balaban J connectivity index is 0.000000401.